The number of benzene rings is 1. The van der Waals surface area contributed by atoms with Crippen LogP contribution in [0, 0.1) is 23.7 Å². The minimum Gasteiger partial charge on any atom is -0.326 e. The van der Waals surface area contributed by atoms with E-state index in [1.165, 1.54) is 49.8 Å². The van der Waals surface area contributed by atoms with Gasteiger partial charge in [-0.15, -0.1) is 0 Å². The average Bonchev–Trinajstić information content (AvgIpc) is 3.46. The molecule has 0 aromatic heterocycles. The normalized spacial score (nSPS) is 25.6. The Morgan fingerprint density at radius 3 is 2.12 bits per heavy atom. The summed E-state index contributed by atoms with van der Waals surface area (Å²) < 4.78 is 0. The lowest BCUT2D eigenvalue weighted by molar-refractivity contribution is -0.123. The van der Waals surface area contributed by atoms with Crippen molar-refractivity contribution in [2.24, 2.45) is 23.7 Å². The van der Waals surface area contributed by atoms with Crippen molar-refractivity contribution in [3.8, 4) is 0 Å². The molecule has 1 saturated carbocycles. The van der Waals surface area contributed by atoms with Crippen molar-refractivity contribution in [1.29, 1.82) is 0 Å². The van der Waals surface area contributed by atoms with Crippen LogP contribution in [0.1, 0.15) is 77.6 Å². The zero-order chi connectivity index (χ0) is 22.5. The lowest BCUT2D eigenvalue weighted by Crippen LogP contribution is -2.32. The van der Waals surface area contributed by atoms with Crippen LogP contribution >= 0.6 is 0 Å². The number of nitrogens with one attached hydrogen (secondary N) is 1. The lowest BCUT2D eigenvalue weighted by Gasteiger charge is -2.18. The second kappa shape index (κ2) is 10.5. The molecule has 4 atom stereocenters. The van der Waals surface area contributed by atoms with Crippen molar-refractivity contribution in [1.82, 2.24) is 0 Å². The molecule has 1 aromatic carbocycles. The highest BCUT2D eigenvalue weighted by Gasteiger charge is 2.59. The summed E-state index contributed by atoms with van der Waals surface area (Å²) in [4.78, 5) is 39.7. The first-order valence-electron chi connectivity index (χ1n) is 12.6. The Bertz CT molecular complexity index is 847. The molecule has 172 valence electrons. The fourth-order valence-electron chi connectivity index (χ4n) is 5.70. The van der Waals surface area contributed by atoms with E-state index in [0.717, 1.165) is 19.3 Å². The van der Waals surface area contributed by atoms with Gasteiger partial charge in [0.1, 0.15) is 0 Å². The zero-order valence-corrected chi connectivity index (χ0v) is 19.2. The standard InChI is InChI=1S/C27H36N2O3/c1-2-3-4-5-6-7-8-9-10-14-23(30)28-21-12-11-13-22(18-21)29-26(31)24-19-15-16-20(17-19)25(24)27(29)32/h11-13,15-16,18-20,24-25H,2-10,14,17H2,1H3,(H,28,30)/t19-,20-,24+,25+/m0/s1. The summed E-state index contributed by atoms with van der Waals surface area (Å²) in [7, 11) is 0. The van der Waals surface area contributed by atoms with Crippen LogP contribution in [0.3, 0.4) is 0 Å². The number of amides is 3. The van der Waals surface area contributed by atoms with Gasteiger partial charge in [-0.2, -0.15) is 0 Å². The van der Waals surface area contributed by atoms with Gasteiger partial charge in [0.15, 0.2) is 0 Å². The smallest absolute Gasteiger partial charge is 0.238 e. The summed E-state index contributed by atoms with van der Waals surface area (Å²) in [6.07, 6.45) is 16.6. The summed E-state index contributed by atoms with van der Waals surface area (Å²) in [6.45, 7) is 2.23. The van der Waals surface area contributed by atoms with Crippen LogP contribution in [-0.4, -0.2) is 17.7 Å². The third kappa shape index (κ3) is 4.82. The number of hydrogen-bond donors (Lipinski definition) is 1. The van der Waals surface area contributed by atoms with Crippen LogP contribution in [-0.2, 0) is 14.4 Å². The molecule has 5 heteroatoms. The van der Waals surface area contributed by atoms with Gasteiger partial charge in [0.25, 0.3) is 0 Å². The number of carbonyl (C=O) groups excluding carboxylic acids is 3. The highest BCUT2D eigenvalue weighted by molar-refractivity contribution is 6.23. The molecule has 1 heterocycles. The lowest BCUT2D eigenvalue weighted by atomic mass is 9.85. The van der Waals surface area contributed by atoms with E-state index in [2.05, 4.69) is 24.4 Å². The number of imide groups is 1. The molecular weight excluding hydrogens is 400 g/mol. The predicted molar refractivity (Wildman–Crippen MR) is 127 cm³/mol. The minimum absolute atomic E-state index is 0.0108. The van der Waals surface area contributed by atoms with E-state index >= 15 is 0 Å². The first kappa shape index (κ1) is 22.8. The topological polar surface area (TPSA) is 66.5 Å². The Morgan fingerprint density at radius 1 is 0.906 bits per heavy atom. The van der Waals surface area contributed by atoms with E-state index in [-0.39, 0.29) is 41.4 Å². The van der Waals surface area contributed by atoms with Gasteiger partial charge in [0, 0.05) is 12.1 Å². The molecule has 2 fully saturated rings. The Morgan fingerprint density at radius 2 is 1.50 bits per heavy atom. The number of rotatable bonds is 12. The van der Waals surface area contributed by atoms with E-state index < -0.39 is 0 Å². The van der Waals surface area contributed by atoms with Crippen LogP contribution in [0.25, 0.3) is 0 Å². The second-order valence-corrected chi connectivity index (χ2v) is 9.69. The number of anilines is 2. The maximum Gasteiger partial charge on any atom is 0.238 e. The molecule has 1 aliphatic heterocycles. The number of hydrogen-bond acceptors (Lipinski definition) is 3. The zero-order valence-electron chi connectivity index (χ0n) is 19.2. The number of allylic oxidation sites excluding steroid dienone is 2. The Kier molecular flexibility index (Phi) is 7.44. The third-order valence-electron chi connectivity index (χ3n) is 7.37. The van der Waals surface area contributed by atoms with E-state index in [1.807, 2.05) is 6.07 Å². The molecule has 2 bridgehead atoms. The highest BCUT2D eigenvalue weighted by atomic mass is 16.2. The molecule has 0 spiro atoms. The van der Waals surface area contributed by atoms with Gasteiger partial charge in [0.05, 0.1) is 17.5 Å². The van der Waals surface area contributed by atoms with Crippen molar-refractivity contribution in [3.63, 3.8) is 0 Å². The fourth-order valence-corrected chi connectivity index (χ4v) is 5.70. The van der Waals surface area contributed by atoms with Crippen molar-refractivity contribution in [2.45, 2.75) is 77.6 Å². The first-order chi connectivity index (χ1) is 15.6. The van der Waals surface area contributed by atoms with Crippen LogP contribution in [0.15, 0.2) is 36.4 Å². The molecule has 1 N–H and O–H groups in total. The third-order valence-corrected chi connectivity index (χ3v) is 7.37. The average molecular weight is 437 g/mol. The van der Waals surface area contributed by atoms with Crippen molar-refractivity contribution in [2.75, 3.05) is 10.2 Å². The molecule has 2 aliphatic carbocycles. The van der Waals surface area contributed by atoms with Gasteiger partial charge in [-0.05, 0) is 42.9 Å². The van der Waals surface area contributed by atoms with Gasteiger partial charge >= 0.3 is 0 Å². The highest BCUT2D eigenvalue weighted by Crippen LogP contribution is 2.53. The summed E-state index contributed by atoms with van der Waals surface area (Å²) in [5.41, 5.74) is 1.21. The van der Waals surface area contributed by atoms with Gasteiger partial charge in [-0.25, -0.2) is 4.90 Å². The molecule has 0 radical (unpaired) electrons. The summed E-state index contributed by atoms with van der Waals surface area (Å²) in [5, 5.41) is 2.94. The van der Waals surface area contributed by atoms with Crippen LogP contribution in [0.2, 0.25) is 0 Å². The molecular formula is C27H36N2O3. The summed E-state index contributed by atoms with van der Waals surface area (Å²) in [6, 6.07) is 7.14. The van der Waals surface area contributed by atoms with E-state index in [1.54, 1.807) is 18.2 Å². The molecule has 5 nitrogen and oxygen atoms in total. The number of carbonyl (C=O) groups is 3. The van der Waals surface area contributed by atoms with E-state index in [9.17, 15) is 14.4 Å². The fraction of sp³-hybridized carbons (Fsp3) is 0.593. The van der Waals surface area contributed by atoms with Gasteiger partial charge in [-0.3, -0.25) is 14.4 Å². The molecule has 0 unspecified atom stereocenters. The maximum absolute atomic E-state index is 13.0. The number of unbranched alkanes of at least 4 members (excludes halogenated alkanes) is 8. The number of nitrogens with zero attached hydrogens (tertiary/aromatic N) is 1. The summed E-state index contributed by atoms with van der Waals surface area (Å²) in [5.74, 6) is -0.200. The molecule has 3 aliphatic rings. The van der Waals surface area contributed by atoms with Gasteiger partial charge in [0.2, 0.25) is 17.7 Å². The molecule has 4 rings (SSSR count). The SMILES string of the molecule is CCCCCCCCCCCC(=O)Nc1cccc(N2C(=O)[C@H]3[C@H](C2=O)[C@H]2C=C[C@H]3C2)c1. The first-order valence-corrected chi connectivity index (χ1v) is 12.6. The largest absolute Gasteiger partial charge is 0.326 e. The molecule has 3 amide bonds. The van der Waals surface area contributed by atoms with Gasteiger partial charge < -0.3 is 5.32 Å². The Labute approximate surface area is 191 Å². The Hall–Kier alpha value is -2.43. The van der Waals surface area contributed by atoms with E-state index in [0.29, 0.717) is 17.8 Å². The maximum atomic E-state index is 13.0. The monoisotopic (exact) mass is 436 g/mol. The van der Waals surface area contributed by atoms with Crippen LogP contribution in [0.4, 0.5) is 11.4 Å². The minimum atomic E-state index is -0.206. The molecule has 32 heavy (non-hydrogen) atoms. The quantitative estimate of drug-likeness (QED) is 0.254. The second-order valence-electron chi connectivity index (χ2n) is 9.69. The van der Waals surface area contributed by atoms with Crippen molar-refractivity contribution in [3.05, 3.63) is 36.4 Å². The number of fused-ring (bicyclic) bond motifs is 5. The van der Waals surface area contributed by atoms with Gasteiger partial charge in [-0.1, -0.05) is 76.5 Å². The van der Waals surface area contributed by atoms with Crippen LogP contribution < -0.4 is 10.2 Å². The predicted octanol–water partition coefficient (Wildman–Crippen LogP) is 5.86. The molecule has 1 saturated heterocycles. The summed E-state index contributed by atoms with van der Waals surface area (Å²) >= 11 is 0. The van der Waals surface area contributed by atoms with E-state index in [4.69, 9.17) is 0 Å². The molecule has 1 aromatic rings. The van der Waals surface area contributed by atoms with Crippen molar-refractivity contribution < 1.29 is 14.4 Å². The Balaban J connectivity index is 1.23. The van der Waals surface area contributed by atoms with Crippen LogP contribution in [0.5, 0.6) is 0 Å². The van der Waals surface area contributed by atoms with Crippen molar-refractivity contribution >= 4 is 29.1 Å².